The summed E-state index contributed by atoms with van der Waals surface area (Å²) in [6.07, 6.45) is 12.7. The van der Waals surface area contributed by atoms with Crippen molar-refractivity contribution in [1.29, 1.82) is 0 Å². The number of carbonyl (C=O) groups is 4. The molecule has 0 radical (unpaired) electrons. The lowest BCUT2D eigenvalue weighted by molar-refractivity contribution is -0.149. The molecule has 1 aromatic carbocycles. The zero-order valence-electron chi connectivity index (χ0n) is 24.4. The fraction of sp³-hybridized carbons (Fsp3) is 0.576. The molecule has 230 valence electrons. The topological polar surface area (TPSA) is 125 Å². The second kappa shape index (κ2) is 12.6. The van der Waals surface area contributed by atoms with Crippen LogP contribution in [0, 0.1) is 11.8 Å². The van der Waals surface area contributed by atoms with Gasteiger partial charge in [-0.3, -0.25) is 19.2 Å². The highest BCUT2D eigenvalue weighted by Gasteiger charge is 2.73. The van der Waals surface area contributed by atoms with E-state index in [1.54, 1.807) is 11.0 Å². The van der Waals surface area contributed by atoms with Gasteiger partial charge >= 0.3 is 5.97 Å². The third kappa shape index (κ3) is 5.51. The molecule has 2 saturated heterocycles. The summed E-state index contributed by atoms with van der Waals surface area (Å²) in [6, 6.07) is 7.75. The van der Waals surface area contributed by atoms with Gasteiger partial charge in [0, 0.05) is 32.2 Å². The van der Waals surface area contributed by atoms with Gasteiger partial charge in [-0.1, -0.05) is 73.9 Å². The number of rotatable bonds is 5. The third-order valence-electron chi connectivity index (χ3n) is 9.68. The molecule has 1 spiro atoms. The van der Waals surface area contributed by atoms with Crippen molar-refractivity contribution in [3.05, 3.63) is 60.2 Å². The Morgan fingerprint density at radius 3 is 2.56 bits per heavy atom. The highest BCUT2D eigenvalue weighted by Crippen LogP contribution is 2.55. The monoisotopic (exact) mass is 591 g/mol. The number of aliphatic hydroxyl groups is 1. The molecule has 3 amide bonds. The van der Waals surface area contributed by atoms with Crippen molar-refractivity contribution in [2.24, 2.45) is 11.8 Å². The van der Waals surface area contributed by atoms with Crippen LogP contribution in [0.3, 0.4) is 0 Å². The molecule has 4 aliphatic heterocycles. The predicted octanol–water partition coefficient (Wildman–Crippen LogP) is 2.43. The molecule has 0 unspecified atom stereocenters. The van der Waals surface area contributed by atoms with Crippen molar-refractivity contribution in [2.75, 3.05) is 26.3 Å². The van der Waals surface area contributed by atoms with Crippen molar-refractivity contribution in [2.45, 2.75) is 81.2 Å². The van der Waals surface area contributed by atoms with Gasteiger partial charge in [-0.2, -0.15) is 0 Å². The first-order valence-electron chi connectivity index (χ1n) is 15.7. The smallest absolute Gasteiger partial charge is 0.306 e. The Morgan fingerprint density at radius 2 is 1.79 bits per heavy atom. The molecule has 5 aliphatic rings. The van der Waals surface area contributed by atoms with E-state index < -0.39 is 35.6 Å². The maximum atomic E-state index is 14.7. The minimum absolute atomic E-state index is 0.0245. The van der Waals surface area contributed by atoms with Crippen LogP contribution in [0.4, 0.5) is 0 Å². The predicted molar refractivity (Wildman–Crippen MR) is 156 cm³/mol. The van der Waals surface area contributed by atoms with Gasteiger partial charge in [-0.05, 0) is 31.2 Å². The molecule has 6 atom stereocenters. The van der Waals surface area contributed by atoms with Gasteiger partial charge in [-0.15, -0.1) is 0 Å². The minimum Gasteiger partial charge on any atom is -0.463 e. The van der Waals surface area contributed by atoms with Crippen molar-refractivity contribution in [3.8, 4) is 0 Å². The number of likely N-dealkylation sites (tertiary alicyclic amines) is 1. The quantitative estimate of drug-likeness (QED) is 0.398. The molecule has 1 aliphatic carbocycles. The Bertz CT molecular complexity index is 1280. The lowest BCUT2D eigenvalue weighted by Crippen LogP contribution is -2.58. The molecule has 10 nitrogen and oxygen atoms in total. The summed E-state index contributed by atoms with van der Waals surface area (Å²) in [5.41, 5.74) is -0.496. The van der Waals surface area contributed by atoms with E-state index in [0.29, 0.717) is 19.4 Å². The summed E-state index contributed by atoms with van der Waals surface area (Å²) < 4.78 is 12.1. The van der Waals surface area contributed by atoms with Gasteiger partial charge in [0.15, 0.2) is 0 Å². The number of benzene rings is 1. The maximum Gasteiger partial charge on any atom is 0.306 e. The highest BCUT2D eigenvalue weighted by atomic mass is 16.5. The number of fused-ring (bicyclic) bond motifs is 2. The Morgan fingerprint density at radius 1 is 1.00 bits per heavy atom. The van der Waals surface area contributed by atoms with Crippen LogP contribution in [0.25, 0.3) is 0 Å². The average molecular weight is 592 g/mol. The van der Waals surface area contributed by atoms with Crippen LogP contribution in [-0.4, -0.2) is 88.7 Å². The zero-order chi connectivity index (χ0) is 30.0. The molecule has 3 fully saturated rings. The van der Waals surface area contributed by atoms with Crippen molar-refractivity contribution in [3.63, 3.8) is 0 Å². The first kappa shape index (κ1) is 29.6. The highest BCUT2D eigenvalue weighted by molar-refractivity contribution is 6.00. The lowest BCUT2D eigenvalue weighted by Gasteiger charge is -2.40. The van der Waals surface area contributed by atoms with Crippen LogP contribution in [0.5, 0.6) is 0 Å². The molecule has 2 N–H and O–H groups in total. The summed E-state index contributed by atoms with van der Waals surface area (Å²) in [4.78, 5) is 58.9. The number of nitrogens with zero attached hydrogens (tertiary/aromatic N) is 2. The number of aliphatic hydroxyl groups excluding tert-OH is 1. The minimum atomic E-state index is -1.27. The average Bonchev–Trinajstić information content (AvgIpc) is 3.67. The van der Waals surface area contributed by atoms with E-state index in [1.165, 1.54) is 0 Å². The van der Waals surface area contributed by atoms with Crippen molar-refractivity contribution < 1.29 is 33.8 Å². The number of esters is 1. The first-order chi connectivity index (χ1) is 20.9. The molecule has 5 bridgehead atoms. The van der Waals surface area contributed by atoms with Crippen molar-refractivity contribution >= 4 is 23.7 Å². The number of nitrogens with one attached hydrogen (secondary N) is 1. The van der Waals surface area contributed by atoms with Crippen LogP contribution in [-0.2, 0) is 28.7 Å². The number of ether oxygens (including phenoxy) is 2. The molecular formula is C33H41N3O7. The lowest BCUT2D eigenvalue weighted by atomic mass is 9.74. The standard InChI is InChI=1S/C33H41N3O7/c37-20-10-19-36-29-32(41)35(23-13-6-2-7-14-23)18-9-3-8-15-26(38)42-21-24(22-11-4-1-5-12-22)34-30(39)27-25-16-17-33(29,43-25)28(27)31(36)40/h1,3-5,9,11-12,16-17,23-25,27-29,37H,2,6-8,10,13-15,18-21H2,(H,34,39)/b9-3-/t24-,25-,27+,28+,29-,33+/m0/s1. The number of allylic oxidation sites excluding steroid dienone is 1. The van der Waals surface area contributed by atoms with Crippen LogP contribution >= 0.6 is 0 Å². The Hall–Kier alpha value is -3.50. The van der Waals surface area contributed by atoms with Gasteiger partial charge < -0.3 is 29.7 Å². The molecule has 0 aromatic heterocycles. The van der Waals surface area contributed by atoms with E-state index in [4.69, 9.17) is 9.47 Å². The fourth-order valence-electron chi connectivity index (χ4n) is 7.63. The van der Waals surface area contributed by atoms with Crippen LogP contribution in [0.2, 0.25) is 0 Å². The van der Waals surface area contributed by atoms with Gasteiger partial charge in [0.1, 0.15) is 18.2 Å². The Labute approximate surface area is 252 Å². The first-order valence-corrected chi connectivity index (χ1v) is 15.7. The summed E-state index contributed by atoms with van der Waals surface area (Å²) in [6.45, 7) is 0.371. The second-order valence-electron chi connectivity index (χ2n) is 12.3. The van der Waals surface area contributed by atoms with E-state index in [1.807, 2.05) is 53.5 Å². The number of amides is 3. The van der Waals surface area contributed by atoms with Gasteiger partial charge in [0.05, 0.1) is 24.0 Å². The van der Waals surface area contributed by atoms with Gasteiger partial charge in [-0.25, -0.2) is 0 Å². The molecule has 10 heteroatoms. The molecule has 6 rings (SSSR count). The maximum absolute atomic E-state index is 14.7. The zero-order valence-corrected chi connectivity index (χ0v) is 24.4. The number of cyclic esters (lactones) is 1. The van der Waals surface area contributed by atoms with E-state index >= 15 is 0 Å². The van der Waals surface area contributed by atoms with Crippen molar-refractivity contribution in [1.82, 2.24) is 15.1 Å². The van der Waals surface area contributed by atoms with E-state index in [9.17, 15) is 24.3 Å². The van der Waals surface area contributed by atoms with Gasteiger partial charge in [0.25, 0.3) is 0 Å². The molecule has 1 aromatic rings. The summed E-state index contributed by atoms with van der Waals surface area (Å²) in [5, 5.41) is 12.7. The molecular weight excluding hydrogens is 550 g/mol. The summed E-state index contributed by atoms with van der Waals surface area (Å²) >= 11 is 0. The number of carbonyl (C=O) groups excluding carboxylic acids is 4. The molecule has 1 saturated carbocycles. The number of hydrogen-bond donors (Lipinski definition) is 2. The number of hydrogen-bond acceptors (Lipinski definition) is 7. The van der Waals surface area contributed by atoms with Crippen LogP contribution < -0.4 is 5.32 Å². The normalized spacial score (nSPS) is 34.3. The SMILES string of the molecule is O=C1CC/C=C\CN(C2CCCCC2)C(=O)[C@@H]2N(CCCO)C(=O)[C@H]3[C@H](C(=O)N[C@H](c4ccccc4)CO1)[C@@H]1C=C[C@]23O1. The van der Waals surface area contributed by atoms with E-state index in [2.05, 4.69) is 5.32 Å². The van der Waals surface area contributed by atoms with Crippen LogP contribution in [0.1, 0.15) is 63.0 Å². The van der Waals surface area contributed by atoms with E-state index in [-0.39, 0.29) is 55.9 Å². The summed E-state index contributed by atoms with van der Waals surface area (Å²) in [7, 11) is 0. The second-order valence-corrected chi connectivity index (χ2v) is 12.3. The Kier molecular flexibility index (Phi) is 8.68. The molecule has 43 heavy (non-hydrogen) atoms. The fourth-order valence-corrected chi connectivity index (χ4v) is 7.63. The largest absolute Gasteiger partial charge is 0.463 e. The summed E-state index contributed by atoms with van der Waals surface area (Å²) in [5.74, 6) is -2.99. The van der Waals surface area contributed by atoms with E-state index in [0.717, 1.165) is 37.7 Å². The van der Waals surface area contributed by atoms with Gasteiger partial charge in [0.2, 0.25) is 17.7 Å². The Balaban J connectivity index is 1.39. The third-order valence-corrected chi connectivity index (χ3v) is 9.68. The van der Waals surface area contributed by atoms with Crippen LogP contribution in [0.15, 0.2) is 54.6 Å². The molecule has 4 heterocycles.